The van der Waals surface area contributed by atoms with Crippen LogP contribution in [0.4, 0.5) is 5.69 Å². The highest BCUT2D eigenvalue weighted by Gasteiger charge is 2.40. The van der Waals surface area contributed by atoms with E-state index in [9.17, 15) is 0 Å². The number of rotatable bonds is 2. The summed E-state index contributed by atoms with van der Waals surface area (Å²) in [4.78, 5) is 12.2. The van der Waals surface area contributed by atoms with E-state index in [1.165, 1.54) is 49.2 Å². The van der Waals surface area contributed by atoms with Gasteiger partial charge in [-0.2, -0.15) is 0 Å². The molecule has 4 heteroatoms. The van der Waals surface area contributed by atoms with Crippen LogP contribution in [0.2, 0.25) is 0 Å². The van der Waals surface area contributed by atoms with E-state index < -0.39 is 0 Å². The average molecular weight is 294 g/mol. The van der Waals surface area contributed by atoms with Gasteiger partial charge in [0, 0.05) is 17.3 Å². The largest absolute Gasteiger partial charge is 0.347 e. The first-order valence-electron chi connectivity index (χ1n) is 8.23. The molecule has 1 spiro atoms. The molecule has 1 aliphatic heterocycles. The fraction of sp³-hybridized carbons (Fsp3) is 0.444. The van der Waals surface area contributed by atoms with Crippen molar-refractivity contribution in [1.82, 2.24) is 9.97 Å². The SMILES string of the molecule is c1ccc2c(c1)CC1(CCCCC1)C(=NCc1cnc[nH]1)N2. The molecule has 4 rings (SSSR count). The number of nitrogens with zero attached hydrogens (tertiary/aromatic N) is 2. The van der Waals surface area contributed by atoms with Crippen molar-refractivity contribution in [2.75, 3.05) is 5.32 Å². The minimum Gasteiger partial charge on any atom is -0.347 e. The predicted octanol–water partition coefficient (Wildman–Crippen LogP) is 3.93. The molecule has 2 aromatic rings. The van der Waals surface area contributed by atoms with Gasteiger partial charge < -0.3 is 10.3 Å². The number of amidine groups is 1. The number of para-hydroxylation sites is 1. The number of hydrogen-bond donors (Lipinski definition) is 2. The summed E-state index contributed by atoms with van der Waals surface area (Å²) in [6.45, 7) is 0.673. The van der Waals surface area contributed by atoms with Crippen LogP contribution in [0.1, 0.15) is 43.4 Å². The molecule has 0 atom stereocenters. The summed E-state index contributed by atoms with van der Waals surface area (Å²) in [7, 11) is 0. The van der Waals surface area contributed by atoms with Crippen LogP contribution in [0, 0.1) is 5.41 Å². The second kappa shape index (κ2) is 5.59. The second-order valence-electron chi connectivity index (χ2n) is 6.54. The zero-order valence-electron chi connectivity index (χ0n) is 12.8. The maximum absolute atomic E-state index is 4.94. The van der Waals surface area contributed by atoms with Gasteiger partial charge in [-0.15, -0.1) is 0 Å². The van der Waals surface area contributed by atoms with Crippen LogP contribution in [0.3, 0.4) is 0 Å². The second-order valence-corrected chi connectivity index (χ2v) is 6.54. The third-order valence-corrected chi connectivity index (χ3v) is 5.07. The van der Waals surface area contributed by atoms with Gasteiger partial charge in [-0.1, -0.05) is 37.5 Å². The normalized spacial score (nSPS) is 21.5. The summed E-state index contributed by atoms with van der Waals surface area (Å²) in [6, 6.07) is 8.65. The Morgan fingerprint density at radius 1 is 1.14 bits per heavy atom. The van der Waals surface area contributed by atoms with Gasteiger partial charge in [-0.25, -0.2) is 4.98 Å². The highest BCUT2D eigenvalue weighted by molar-refractivity contribution is 6.02. The van der Waals surface area contributed by atoms with Gasteiger partial charge in [0.2, 0.25) is 0 Å². The van der Waals surface area contributed by atoms with Crippen molar-refractivity contribution in [2.24, 2.45) is 10.4 Å². The molecule has 22 heavy (non-hydrogen) atoms. The number of benzene rings is 1. The molecule has 4 nitrogen and oxygen atoms in total. The molecule has 0 saturated heterocycles. The molecule has 1 aromatic carbocycles. The number of fused-ring (bicyclic) bond motifs is 1. The number of aromatic nitrogens is 2. The molecule has 0 radical (unpaired) electrons. The molecule has 1 aliphatic carbocycles. The first-order chi connectivity index (χ1) is 10.9. The Bertz CT molecular complexity index is 666. The van der Waals surface area contributed by atoms with Crippen molar-refractivity contribution in [3.63, 3.8) is 0 Å². The summed E-state index contributed by atoms with van der Waals surface area (Å²) in [5, 5.41) is 3.64. The smallest absolute Gasteiger partial charge is 0.108 e. The first-order valence-corrected chi connectivity index (χ1v) is 8.23. The molecule has 0 unspecified atom stereocenters. The van der Waals surface area contributed by atoms with Crippen LogP contribution in [0.15, 0.2) is 41.8 Å². The van der Waals surface area contributed by atoms with Crippen LogP contribution in [0.25, 0.3) is 0 Å². The molecule has 2 N–H and O–H groups in total. The molecule has 0 amide bonds. The van der Waals surface area contributed by atoms with Gasteiger partial charge in [0.05, 0.1) is 18.6 Å². The molecule has 1 aromatic heterocycles. The Labute approximate surface area is 131 Å². The minimum absolute atomic E-state index is 0.215. The van der Waals surface area contributed by atoms with Crippen LogP contribution < -0.4 is 5.32 Å². The molecular formula is C18H22N4. The summed E-state index contributed by atoms with van der Waals surface area (Å²) < 4.78 is 0. The Kier molecular flexibility index (Phi) is 3.45. The summed E-state index contributed by atoms with van der Waals surface area (Å²) in [5.74, 6) is 1.18. The molecule has 0 bridgehead atoms. The summed E-state index contributed by atoms with van der Waals surface area (Å²) >= 11 is 0. The van der Waals surface area contributed by atoms with Gasteiger partial charge in [0.15, 0.2) is 0 Å². The fourth-order valence-corrected chi connectivity index (χ4v) is 3.89. The van der Waals surface area contributed by atoms with E-state index in [0.29, 0.717) is 6.54 Å². The van der Waals surface area contributed by atoms with Gasteiger partial charge in [0.25, 0.3) is 0 Å². The highest BCUT2D eigenvalue weighted by Crippen LogP contribution is 2.44. The van der Waals surface area contributed by atoms with Crippen LogP contribution in [-0.4, -0.2) is 15.8 Å². The maximum Gasteiger partial charge on any atom is 0.108 e. The number of aliphatic imine (C=N–C) groups is 1. The molecule has 2 heterocycles. The van der Waals surface area contributed by atoms with E-state index in [2.05, 4.69) is 39.6 Å². The van der Waals surface area contributed by atoms with Crippen LogP contribution in [0.5, 0.6) is 0 Å². The van der Waals surface area contributed by atoms with Crippen LogP contribution in [-0.2, 0) is 13.0 Å². The molecular weight excluding hydrogens is 272 g/mol. The lowest BCUT2D eigenvalue weighted by Crippen LogP contribution is -2.43. The summed E-state index contributed by atoms with van der Waals surface area (Å²) in [5.41, 5.74) is 3.94. The molecule has 2 aliphatic rings. The summed E-state index contributed by atoms with van der Waals surface area (Å²) in [6.07, 6.45) is 11.2. The lowest BCUT2D eigenvalue weighted by atomic mass is 9.67. The van der Waals surface area contributed by atoms with E-state index >= 15 is 0 Å². The lowest BCUT2D eigenvalue weighted by molar-refractivity contribution is 0.278. The van der Waals surface area contributed by atoms with E-state index in [1.807, 2.05) is 6.20 Å². The topological polar surface area (TPSA) is 53.1 Å². The van der Waals surface area contributed by atoms with E-state index in [-0.39, 0.29) is 5.41 Å². The quantitative estimate of drug-likeness (QED) is 0.882. The first kappa shape index (κ1) is 13.6. The van der Waals surface area contributed by atoms with E-state index in [4.69, 9.17) is 4.99 Å². The lowest BCUT2D eigenvalue weighted by Gasteiger charge is -2.42. The monoisotopic (exact) mass is 294 g/mol. The predicted molar refractivity (Wildman–Crippen MR) is 89.0 cm³/mol. The van der Waals surface area contributed by atoms with Gasteiger partial charge in [-0.05, 0) is 30.9 Å². The van der Waals surface area contributed by atoms with Gasteiger partial charge in [-0.3, -0.25) is 4.99 Å². The fourth-order valence-electron chi connectivity index (χ4n) is 3.89. The number of imidazole rings is 1. The van der Waals surface area contributed by atoms with E-state index in [0.717, 1.165) is 12.1 Å². The Hall–Kier alpha value is -2.10. The van der Waals surface area contributed by atoms with E-state index in [1.54, 1.807) is 6.33 Å². The zero-order valence-corrected chi connectivity index (χ0v) is 12.8. The van der Waals surface area contributed by atoms with Crippen molar-refractivity contribution in [1.29, 1.82) is 0 Å². The Balaban J connectivity index is 1.68. The Morgan fingerprint density at radius 2 is 2.00 bits per heavy atom. The highest BCUT2D eigenvalue weighted by atomic mass is 15.0. The Morgan fingerprint density at radius 3 is 2.82 bits per heavy atom. The average Bonchev–Trinajstić information content (AvgIpc) is 3.07. The van der Waals surface area contributed by atoms with Crippen molar-refractivity contribution >= 4 is 11.5 Å². The third-order valence-electron chi connectivity index (χ3n) is 5.07. The van der Waals surface area contributed by atoms with Gasteiger partial charge in [0.1, 0.15) is 5.84 Å². The van der Waals surface area contributed by atoms with Crippen LogP contribution >= 0.6 is 0 Å². The van der Waals surface area contributed by atoms with Crippen molar-refractivity contribution in [3.8, 4) is 0 Å². The number of nitrogens with one attached hydrogen (secondary N) is 2. The zero-order chi connectivity index (χ0) is 14.8. The standard InChI is InChI=1S/C18H22N4/c1-4-8-18(9-5-1)10-14-6-2-3-7-16(14)22-17(18)20-12-15-11-19-13-21-15/h2-3,6-7,11,13H,1,4-5,8-10,12H2,(H,19,21)(H,20,22). The number of anilines is 1. The number of H-pyrrole nitrogens is 1. The minimum atomic E-state index is 0.215. The van der Waals surface area contributed by atoms with Crippen molar-refractivity contribution < 1.29 is 0 Å². The molecule has 1 saturated carbocycles. The number of hydrogen-bond acceptors (Lipinski definition) is 2. The third kappa shape index (κ3) is 2.43. The van der Waals surface area contributed by atoms with Crippen molar-refractivity contribution in [3.05, 3.63) is 48.0 Å². The molecule has 1 fully saturated rings. The number of aromatic amines is 1. The maximum atomic E-state index is 4.94. The van der Waals surface area contributed by atoms with Crippen molar-refractivity contribution in [2.45, 2.75) is 45.1 Å². The van der Waals surface area contributed by atoms with Gasteiger partial charge >= 0.3 is 0 Å². The molecule has 114 valence electrons.